The van der Waals surface area contributed by atoms with Crippen molar-refractivity contribution in [2.75, 3.05) is 18.1 Å². The van der Waals surface area contributed by atoms with Crippen molar-refractivity contribution in [2.45, 2.75) is 18.5 Å². The Morgan fingerprint density at radius 1 is 1.31 bits per heavy atom. The lowest BCUT2D eigenvalue weighted by Crippen LogP contribution is -2.42. The molecule has 0 spiro atoms. The SMILES string of the molecule is N#Cc1ccc(N2CC(COc3ccc(C=NO)cc3)OC2C(F)(F)F)cc1Cl. The van der Waals surface area contributed by atoms with Crippen LogP contribution in [0.25, 0.3) is 0 Å². The molecule has 0 aliphatic carbocycles. The third kappa shape index (κ3) is 4.91. The molecule has 0 aromatic heterocycles. The predicted molar refractivity (Wildman–Crippen MR) is 99.5 cm³/mol. The van der Waals surface area contributed by atoms with Crippen LogP contribution in [0.2, 0.25) is 5.02 Å². The molecule has 1 heterocycles. The molecule has 29 heavy (non-hydrogen) atoms. The van der Waals surface area contributed by atoms with Gasteiger partial charge in [-0.2, -0.15) is 18.4 Å². The van der Waals surface area contributed by atoms with Gasteiger partial charge in [-0.3, -0.25) is 0 Å². The normalized spacial score (nSPS) is 19.5. The first kappa shape index (κ1) is 20.8. The molecule has 3 rings (SSSR count). The molecule has 0 radical (unpaired) electrons. The molecule has 10 heteroatoms. The van der Waals surface area contributed by atoms with E-state index in [-0.39, 0.29) is 29.4 Å². The Hall–Kier alpha value is -2.96. The van der Waals surface area contributed by atoms with E-state index in [1.807, 2.05) is 6.07 Å². The quantitative estimate of drug-likeness (QED) is 0.441. The zero-order valence-corrected chi connectivity index (χ0v) is 15.6. The first-order valence-electron chi connectivity index (χ1n) is 8.40. The fourth-order valence-electron chi connectivity index (χ4n) is 2.88. The van der Waals surface area contributed by atoms with E-state index in [2.05, 4.69) is 5.16 Å². The molecular formula is C19H15ClF3N3O3. The second kappa shape index (κ2) is 8.59. The van der Waals surface area contributed by atoms with E-state index in [0.717, 1.165) is 4.90 Å². The predicted octanol–water partition coefficient (Wildman–Crippen LogP) is 4.19. The Kier molecular flexibility index (Phi) is 6.15. The Labute approximate surface area is 169 Å². The Morgan fingerprint density at radius 2 is 2.03 bits per heavy atom. The van der Waals surface area contributed by atoms with Gasteiger partial charge in [0.15, 0.2) is 0 Å². The average molecular weight is 426 g/mol. The van der Waals surface area contributed by atoms with Crippen molar-refractivity contribution in [1.82, 2.24) is 0 Å². The van der Waals surface area contributed by atoms with Gasteiger partial charge in [0, 0.05) is 5.69 Å². The van der Waals surface area contributed by atoms with Crippen LogP contribution in [0, 0.1) is 11.3 Å². The highest BCUT2D eigenvalue weighted by molar-refractivity contribution is 6.32. The van der Waals surface area contributed by atoms with Gasteiger partial charge in [0.05, 0.1) is 23.3 Å². The van der Waals surface area contributed by atoms with Gasteiger partial charge in [0.1, 0.15) is 24.5 Å². The summed E-state index contributed by atoms with van der Waals surface area (Å²) in [5, 5.41) is 20.4. The molecule has 1 fully saturated rings. The number of hydrogen-bond donors (Lipinski definition) is 1. The number of nitriles is 1. The van der Waals surface area contributed by atoms with Gasteiger partial charge in [0.2, 0.25) is 6.23 Å². The first-order chi connectivity index (χ1) is 13.8. The van der Waals surface area contributed by atoms with Crippen molar-refractivity contribution in [1.29, 1.82) is 5.26 Å². The molecule has 1 N–H and O–H groups in total. The Balaban J connectivity index is 1.72. The molecule has 0 bridgehead atoms. The highest BCUT2D eigenvalue weighted by Gasteiger charge is 2.51. The topological polar surface area (TPSA) is 78.1 Å². The van der Waals surface area contributed by atoms with E-state index in [1.54, 1.807) is 24.3 Å². The zero-order chi connectivity index (χ0) is 21.0. The summed E-state index contributed by atoms with van der Waals surface area (Å²) >= 11 is 5.96. The Bertz CT molecular complexity index is 929. The van der Waals surface area contributed by atoms with Gasteiger partial charge >= 0.3 is 6.18 Å². The van der Waals surface area contributed by atoms with Crippen molar-refractivity contribution in [2.24, 2.45) is 5.16 Å². The van der Waals surface area contributed by atoms with Gasteiger partial charge in [-0.25, -0.2) is 0 Å². The summed E-state index contributed by atoms with van der Waals surface area (Å²) in [6, 6.07) is 12.4. The van der Waals surface area contributed by atoms with Crippen LogP contribution in [0.15, 0.2) is 47.6 Å². The maximum atomic E-state index is 13.5. The van der Waals surface area contributed by atoms with Crippen LogP contribution in [0.3, 0.4) is 0 Å². The molecule has 0 amide bonds. The molecule has 2 aromatic carbocycles. The van der Waals surface area contributed by atoms with Crippen molar-refractivity contribution >= 4 is 23.5 Å². The van der Waals surface area contributed by atoms with Gasteiger partial charge < -0.3 is 19.6 Å². The minimum Gasteiger partial charge on any atom is -0.491 e. The maximum Gasteiger partial charge on any atom is 0.433 e. The number of hydrogen-bond acceptors (Lipinski definition) is 6. The average Bonchev–Trinajstić information content (AvgIpc) is 3.12. The zero-order valence-electron chi connectivity index (χ0n) is 14.8. The summed E-state index contributed by atoms with van der Waals surface area (Å²) in [6.45, 7) is -0.164. The number of alkyl halides is 3. The molecule has 152 valence electrons. The number of benzene rings is 2. The Morgan fingerprint density at radius 3 is 2.62 bits per heavy atom. The van der Waals surface area contributed by atoms with Crippen molar-refractivity contribution in [3.63, 3.8) is 0 Å². The number of ether oxygens (including phenoxy) is 2. The lowest BCUT2D eigenvalue weighted by atomic mass is 10.2. The van der Waals surface area contributed by atoms with Crippen LogP contribution in [-0.4, -0.2) is 43.1 Å². The molecule has 1 aliphatic heterocycles. The number of oxime groups is 1. The standard InChI is InChI=1S/C19H15ClF3N3O3/c20-17-7-14(4-3-13(17)8-24)26-10-16(29-18(26)19(21,22)23)11-28-15-5-1-12(2-6-15)9-25-27/h1-7,9,16,18,27H,10-11H2. The molecule has 2 aromatic rings. The fraction of sp³-hybridized carbons (Fsp3) is 0.263. The van der Waals surface area contributed by atoms with E-state index in [9.17, 15) is 13.2 Å². The molecular weight excluding hydrogens is 411 g/mol. The number of nitrogens with zero attached hydrogens (tertiary/aromatic N) is 3. The number of halogens is 4. The maximum absolute atomic E-state index is 13.5. The fourth-order valence-corrected chi connectivity index (χ4v) is 3.10. The minimum atomic E-state index is -4.62. The van der Waals surface area contributed by atoms with Crippen molar-refractivity contribution in [3.8, 4) is 11.8 Å². The van der Waals surface area contributed by atoms with Crippen LogP contribution >= 0.6 is 11.6 Å². The van der Waals surface area contributed by atoms with Gasteiger partial charge in [-0.1, -0.05) is 16.8 Å². The summed E-state index contributed by atoms with van der Waals surface area (Å²) in [7, 11) is 0. The summed E-state index contributed by atoms with van der Waals surface area (Å²) in [5.41, 5.74) is 1.01. The third-order valence-electron chi connectivity index (χ3n) is 4.21. The first-order valence-corrected chi connectivity index (χ1v) is 8.78. The van der Waals surface area contributed by atoms with E-state index in [0.29, 0.717) is 11.3 Å². The van der Waals surface area contributed by atoms with Crippen LogP contribution in [0.4, 0.5) is 18.9 Å². The summed E-state index contributed by atoms with van der Waals surface area (Å²) in [5.74, 6) is 0.437. The molecule has 1 aliphatic rings. The molecule has 1 saturated heterocycles. The summed E-state index contributed by atoms with van der Waals surface area (Å²) in [4.78, 5) is 1.04. The van der Waals surface area contributed by atoms with Crippen LogP contribution in [-0.2, 0) is 4.74 Å². The lowest BCUT2D eigenvalue weighted by molar-refractivity contribution is -0.215. The second-order valence-electron chi connectivity index (χ2n) is 6.20. The van der Waals surface area contributed by atoms with Crippen LogP contribution < -0.4 is 9.64 Å². The van der Waals surface area contributed by atoms with E-state index >= 15 is 0 Å². The highest BCUT2D eigenvalue weighted by atomic mass is 35.5. The highest BCUT2D eigenvalue weighted by Crippen LogP contribution is 2.36. The number of rotatable bonds is 5. The monoisotopic (exact) mass is 425 g/mol. The van der Waals surface area contributed by atoms with Gasteiger partial charge in [-0.05, 0) is 48.0 Å². The van der Waals surface area contributed by atoms with Gasteiger partial charge in [0.25, 0.3) is 0 Å². The summed E-state index contributed by atoms with van der Waals surface area (Å²) < 4.78 is 51.1. The van der Waals surface area contributed by atoms with Crippen LogP contribution in [0.5, 0.6) is 5.75 Å². The van der Waals surface area contributed by atoms with Gasteiger partial charge in [-0.15, -0.1) is 0 Å². The van der Waals surface area contributed by atoms with Crippen molar-refractivity contribution in [3.05, 3.63) is 58.6 Å². The smallest absolute Gasteiger partial charge is 0.433 e. The van der Waals surface area contributed by atoms with E-state index in [1.165, 1.54) is 24.4 Å². The molecule has 2 unspecified atom stereocenters. The van der Waals surface area contributed by atoms with Crippen molar-refractivity contribution < 1.29 is 27.9 Å². The van der Waals surface area contributed by atoms with E-state index in [4.69, 9.17) is 31.5 Å². The third-order valence-corrected chi connectivity index (χ3v) is 4.53. The number of anilines is 1. The second-order valence-corrected chi connectivity index (χ2v) is 6.61. The molecule has 6 nitrogen and oxygen atoms in total. The summed E-state index contributed by atoms with van der Waals surface area (Å²) in [6.07, 6.45) is -6.38. The van der Waals surface area contributed by atoms with Crippen LogP contribution in [0.1, 0.15) is 11.1 Å². The molecule has 2 atom stereocenters. The molecule has 0 saturated carbocycles. The lowest BCUT2D eigenvalue weighted by Gasteiger charge is -2.26. The van der Waals surface area contributed by atoms with E-state index < -0.39 is 18.5 Å². The largest absolute Gasteiger partial charge is 0.491 e. The minimum absolute atomic E-state index is 0.0668.